The Morgan fingerprint density at radius 3 is 2.00 bits per heavy atom. The highest BCUT2D eigenvalue weighted by atomic mass is 79.9. The van der Waals surface area contributed by atoms with Crippen molar-refractivity contribution in [2.24, 2.45) is 0 Å². The van der Waals surface area contributed by atoms with Crippen LogP contribution < -0.4 is 0 Å². The fourth-order valence-corrected chi connectivity index (χ4v) is 0. The normalized spacial score (nSPS) is 4.20. The Labute approximate surface area is 40.9 Å². The fourth-order valence-electron chi connectivity index (χ4n) is 0. The molecule has 2 nitrogen and oxygen atoms in total. The lowest BCUT2D eigenvalue weighted by atomic mass is 11.5. The van der Waals surface area contributed by atoms with E-state index in [1.165, 1.54) is 7.11 Å². The van der Waals surface area contributed by atoms with Gasteiger partial charge in [0.05, 0.1) is 7.11 Å². The molecule has 0 aromatic heterocycles. The van der Waals surface area contributed by atoms with Crippen LogP contribution in [-0.4, -0.2) is 13.6 Å². The molecule has 32 valence electrons. The van der Waals surface area contributed by atoms with Gasteiger partial charge in [-0.3, -0.25) is 4.79 Å². The number of methoxy groups -OCH3 is 1. The maximum Gasteiger partial charge on any atom is 0.292 e. The Morgan fingerprint density at radius 2 is 2.00 bits per heavy atom. The lowest BCUT2D eigenvalue weighted by Gasteiger charge is -1.67. The van der Waals surface area contributed by atoms with Gasteiger partial charge in [0.2, 0.25) is 0 Å². The van der Waals surface area contributed by atoms with Crippen molar-refractivity contribution in [2.45, 2.75) is 0 Å². The quantitative estimate of drug-likeness (QED) is 0.493. The molecule has 0 aliphatic heterocycles. The summed E-state index contributed by atoms with van der Waals surface area (Å²) in [5.41, 5.74) is 0. The highest BCUT2D eigenvalue weighted by Gasteiger charge is 1.44. The molecule has 0 heterocycles. The third-order valence-corrected chi connectivity index (χ3v) is 0.0962. The maximum atomic E-state index is 8.95. The van der Waals surface area contributed by atoms with Gasteiger partial charge in [-0.2, -0.15) is 0 Å². The molecule has 0 saturated carbocycles. The van der Waals surface area contributed by atoms with E-state index >= 15 is 0 Å². The van der Waals surface area contributed by atoms with Crippen LogP contribution in [0.25, 0.3) is 0 Å². The van der Waals surface area contributed by atoms with E-state index in [-0.39, 0.29) is 17.0 Å². The number of hydrogen-bond acceptors (Lipinski definition) is 2. The third-order valence-electron chi connectivity index (χ3n) is 0.0962. The summed E-state index contributed by atoms with van der Waals surface area (Å²) in [4.78, 5) is 8.95. The van der Waals surface area contributed by atoms with Crippen molar-refractivity contribution in [2.75, 3.05) is 7.11 Å². The molecule has 0 spiro atoms. The summed E-state index contributed by atoms with van der Waals surface area (Å²) < 4.78 is 3.86. The smallest absolute Gasteiger partial charge is 0.292 e. The molecule has 0 aliphatic rings. The Balaban J connectivity index is 0. The van der Waals surface area contributed by atoms with E-state index in [1.54, 1.807) is 0 Å². The molecular weight excluding hydrogens is 136 g/mol. The summed E-state index contributed by atoms with van der Waals surface area (Å²) in [6.07, 6.45) is 0. The average molecular weight is 141 g/mol. The molecule has 0 unspecified atom stereocenters. The molecule has 0 saturated heterocycles. The first-order valence-electron chi connectivity index (χ1n) is 0.880. The van der Waals surface area contributed by atoms with Gasteiger partial charge < -0.3 is 4.74 Å². The van der Waals surface area contributed by atoms with E-state index in [1.807, 2.05) is 0 Å². The monoisotopic (exact) mass is 140 g/mol. The lowest BCUT2D eigenvalue weighted by molar-refractivity contribution is -0.126. The van der Waals surface area contributed by atoms with E-state index in [0.29, 0.717) is 6.47 Å². The molecule has 0 aromatic carbocycles. The van der Waals surface area contributed by atoms with Crippen LogP contribution in [0.2, 0.25) is 0 Å². The maximum absolute atomic E-state index is 8.95. The Bertz CT molecular complexity index is 21.6. The van der Waals surface area contributed by atoms with Crippen molar-refractivity contribution in [1.29, 1.82) is 0 Å². The minimum atomic E-state index is 0. The summed E-state index contributed by atoms with van der Waals surface area (Å²) in [6, 6.07) is 0. The fraction of sp³-hybridized carbons (Fsp3) is 0.500. The highest BCUT2D eigenvalue weighted by Crippen LogP contribution is 1.35. The van der Waals surface area contributed by atoms with E-state index in [0.717, 1.165) is 0 Å². The zero-order valence-corrected chi connectivity index (χ0v) is 4.52. The minimum Gasteiger partial charge on any atom is -0.471 e. The summed E-state index contributed by atoms with van der Waals surface area (Å²) in [5.74, 6) is 0. The molecule has 0 N–H and O–H groups in total. The number of rotatable bonds is 1. The SMILES string of the molecule is Br.COC=O. The predicted molar refractivity (Wildman–Crippen MR) is 23.4 cm³/mol. The van der Waals surface area contributed by atoms with Crippen LogP contribution in [0.4, 0.5) is 0 Å². The van der Waals surface area contributed by atoms with Gasteiger partial charge in [-0.15, -0.1) is 17.0 Å². The third kappa shape index (κ3) is 16.6. The average Bonchev–Trinajstić information content (AvgIpc) is 1.37. The number of hydrogen-bond donors (Lipinski definition) is 0. The minimum absolute atomic E-state index is 0. The number of halogens is 1. The van der Waals surface area contributed by atoms with Crippen LogP contribution >= 0.6 is 17.0 Å². The second-order valence-corrected chi connectivity index (χ2v) is 0.332. The molecule has 0 bridgehead atoms. The van der Waals surface area contributed by atoms with Gasteiger partial charge in [0.15, 0.2) is 0 Å². The molecule has 3 heteroatoms. The first-order valence-corrected chi connectivity index (χ1v) is 0.880. The first-order chi connectivity index (χ1) is 1.91. The van der Waals surface area contributed by atoms with Gasteiger partial charge in [0.1, 0.15) is 0 Å². The topological polar surface area (TPSA) is 26.3 Å². The van der Waals surface area contributed by atoms with Crippen LogP contribution in [-0.2, 0) is 9.53 Å². The van der Waals surface area contributed by atoms with Crippen LogP contribution in [0.5, 0.6) is 0 Å². The van der Waals surface area contributed by atoms with Gasteiger partial charge in [0, 0.05) is 0 Å². The van der Waals surface area contributed by atoms with Crippen molar-refractivity contribution in [3.05, 3.63) is 0 Å². The van der Waals surface area contributed by atoms with Crippen molar-refractivity contribution < 1.29 is 9.53 Å². The second kappa shape index (κ2) is 9.04. The van der Waals surface area contributed by atoms with Crippen LogP contribution in [0.3, 0.4) is 0 Å². The first kappa shape index (κ1) is 8.87. The van der Waals surface area contributed by atoms with Gasteiger partial charge in [-0.1, -0.05) is 0 Å². The van der Waals surface area contributed by atoms with Crippen molar-refractivity contribution >= 4 is 23.5 Å². The standard InChI is InChI=1S/C2H4O2.BrH/c1-4-2-3;/h2H,1H3;1H. The number of carbonyl (C=O) groups is 1. The Kier molecular flexibility index (Phi) is 16.0. The van der Waals surface area contributed by atoms with Gasteiger partial charge in [-0.05, 0) is 0 Å². The number of carbonyl (C=O) groups excluding carboxylic acids is 1. The van der Waals surface area contributed by atoms with E-state index in [2.05, 4.69) is 4.74 Å². The van der Waals surface area contributed by atoms with Crippen LogP contribution in [0.1, 0.15) is 0 Å². The number of ether oxygens (including phenoxy) is 1. The van der Waals surface area contributed by atoms with Crippen LogP contribution in [0, 0.1) is 0 Å². The summed E-state index contributed by atoms with van der Waals surface area (Å²) in [6.45, 7) is 0.375. The largest absolute Gasteiger partial charge is 0.471 e. The summed E-state index contributed by atoms with van der Waals surface area (Å²) in [5, 5.41) is 0. The van der Waals surface area contributed by atoms with Gasteiger partial charge in [0.25, 0.3) is 6.47 Å². The second-order valence-electron chi connectivity index (χ2n) is 0.332. The molecule has 5 heavy (non-hydrogen) atoms. The molecule has 0 atom stereocenters. The van der Waals surface area contributed by atoms with Gasteiger partial charge >= 0.3 is 0 Å². The van der Waals surface area contributed by atoms with Gasteiger partial charge in [-0.25, -0.2) is 0 Å². The van der Waals surface area contributed by atoms with Crippen LogP contribution in [0.15, 0.2) is 0 Å². The lowest BCUT2D eigenvalue weighted by Crippen LogP contribution is -1.68. The Hall–Kier alpha value is -0.0500. The molecule has 0 rings (SSSR count). The zero-order valence-electron chi connectivity index (χ0n) is 2.80. The van der Waals surface area contributed by atoms with E-state index in [9.17, 15) is 0 Å². The molecule has 0 radical (unpaired) electrons. The molecule has 0 aliphatic carbocycles. The van der Waals surface area contributed by atoms with Crippen molar-refractivity contribution in [1.82, 2.24) is 0 Å². The summed E-state index contributed by atoms with van der Waals surface area (Å²) >= 11 is 0. The van der Waals surface area contributed by atoms with E-state index < -0.39 is 0 Å². The molecule has 0 amide bonds. The van der Waals surface area contributed by atoms with Crippen molar-refractivity contribution in [3.63, 3.8) is 0 Å². The summed E-state index contributed by atoms with van der Waals surface area (Å²) in [7, 11) is 1.31. The molecule has 0 aromatic rings. The van der Waals surface area contributed by atoms with E-state index in [4.69, 9.17) is 4.79 Å². The zero-order chi connectivity index (χ0) is 3.41. The highest BCUT2D eigenvalue weighted by molar-refractivity contribution is 8.93. The van der Waals surface area contributed by atoms with Crippen molar-refractivity contribution in [3.8, 4) is 0 Å². The predicted octanol–water partition coefficient (Wildman–Crippen LogP) is 0.367. The molecule has 0 fully saturated rings. The molecular formula is C2H5BrO2. The Morgan fingerprint density at radius 1 is 1.80 bits per heavy atom.